The first-order valence-electron chi connectivity index (χ1n) is 13.4. The average Bonchev–Trinajstić information content (AvgIpc) is 3.39. The number of fused-ring (bicyclic) bond motifs is 1. The number of hydrogen-bond acceptors (Lipinski definition) is 6. The van der Waals surface area contributed by atoms with Crippen molar-refractivity contribution in [2.75, 3.05) is 19.8 Å². The van der Waals surface area contributed by atoms with E-state index in [9.17, 15) is 19.5 Å². The van der Waals surface area contributed by atoms with Crippen LogP contribution in [0.1, 0.15) is 66.7 Å². The van der Waals surface area contributed by atoms with Gasteiger partial charge < -0.3 is 24.4 Å². The summed E-state index contributed by atoms with van der Waals surface area (Å²) in [5.41, 5.74) is -2.03. The van der Waals surface area contributed by atoms with Crippen LogP contribution in [0.3, 0.4) is 0 Å². The van der Waals surface area contributed by atoms with Crippen LogP contribution in [0, 0.1) is 17.8 Å². The Morgan fingerprint density at radius 3 is 2.53 bits per heavy atom. The molecule has 8 heteroatoms. The number of carbonyl (C=O) groups is 3. The van der Waals surface area contributed by atoms with Crippen molar-refractivity contribution in [3.63, 3.8) is 0 Å². The summed E-state index contributed by atoms with van der Waals surface area (Å²) in [5.74, 6) is -2.74. The minimum absolute atomic E-state index is 0.0617. The molecule has 3 saturated heterocycles. The lowest BCUT2D eigenvalue weighted by molar-refractivity contribution is -0.163. The Morgan fingerprint density at radius 1 is 1.28 bits per heavy atom. The Bertz CT molecular complexity index is 874. The maximum atomic E-state index is 14.4. The Morgan fingerprint density at radius 2 is 1.97 bits per heavy atom. The smallest absolute Gasteiger partial charge is 0.312 e. The second-order valence-electron chi connectivity index (χ2n) is 11.1. The van der Waals surface area contributed by atoms with E-state index in [1.54, 1.807) is 22.0 Å². The third-order valence-corrected chi connectivity index (χ3v) is 8.43. The van der Waals surface area contributed by atoms with E-state index in [-0.39, 0.29) is 37.0 Å². The van der Waals surface area contributed by atoms with Crippen LogP contribution >= 0.6 is 0 Å². The molecule has 202 valence electrons. The molecule has 3 rings (SSSR count). The largest absolute Gasteiger partial charge is 0.465 e. The Kier molecular flexibility index (Phi) is 8.71. The van der Waals surface area contributed by atoms with Crippen LogP contribution in [0.25, 0.3) is 0 Å². The molecule has 0 aromatic carbocycles. The number of rotatable bonds is 13. The predicted octanol–water partition coefficient (Wildman–Crippen LogP) is 3.09. The highest BCUT2D eigenvalue weighted by Gasteiger charge is 2.79. The lowest BCUT2D eigenvalue weighted by Gasteiger charge is -2.42. The molecule has 1 spiro atoms. The molecule has 36 heavy (non-hydrogen) atoms. The number of carbonyl (C=O) groups excluding carboxylic acids is 3. The van der Waals surface area contributed by atoms with Crippen molar-refractivity contribution in [1.29, 1.82) is 0 Å². The van der Waals surface area contributed by atoms with Gasteiger partial charge in [0.1, 0.15) is 17.6 Å². The first kappa shape index (κ1) is 28.4. The monoisotopic (exact) mass is 504 g/mol. The number of aliphatic hydroxyl groups is 1. The first-order valence-corrected chi connectivity index (χ1v) is 13.4. The number of ether oxygens (including phenoxy) is 2. The van der Waals surface area contributed by atoms with Crippen LogP contribution in [0.5, 0.6) is 0 Å². The third-order valence-electron chi connectivity index (χ3n) is 8.43. The summed E-state index contributed by atoms with van der Waals surface area (Å²) >= 11 is 0. The summed E-state index contributed by atoms with van der Waals surface area (Å²) in [5, 5.41) is 10.3. The molecule has 2 amide bonds. The second-order valence-corrected chi connectivity index (χ2v) is 11.1. The van der Waals surface area contributed by atoms with Gasteiger partial charge >= 0.3 is 5.97 Å². The zero-order valence-corrected chi connectivity index (χ0v) is 22.6. The van der Waals surface area contributed by atoms with Crippen LogP contribution < -0.4 is 0 Å². The molecule has 3 heterocycles. The van der Waals surface area contributed by atoms with E-state index < -0.39 is 41.1 Å². The van der Waals surface area contributed by atoms with Crippen molar-refractivity contribution >= 4 is 17.8 Å². The number of likely N-dealkylation sites (tertiary alicyclic amines) is 1. The minimum Gasteiger partial charge on any atom is -0.465 e. The SMILES string of the molecule is C=CCCOC(=O)[C@@H]1[C@H]2C(=O)N([C@@H](CO)C(C)C)C(C(=O)N(CC=C)C(C)CCC)C23CC[C@@]1(C)O3. The first-order chi connectivity index (χ1) is 17.0. The molecule has 3 aliphatic rings. The van der Waals surface area contributed by atoms with E-state index in [1.165, 1.54) is 0 Å². The average molecular weight is 505 g/mol. The Balaban J connectivity index is 2.11. The highest BCUT2D eigenvalue weighted by molar-refractivity contribution is 5.98. The maximum Gasteiger partial charge on any atom is 0.312 e. The number of esters is 1. The zero-order valence-electron chi connectivity index (χ0n) is 22.6. The fourth-order valence-corrected chi connectivity index (χ4v) is 6.67. The molecular weight excluding hydrogens is 460 g/mol. The molecule has 0 aromatic rings. The second kappa shape index (κ2) is 11.1. The van der Waals surface area contributed by atoms with Gasteiger partial charge in [-0.2, -0.15) is 0 Å². The van der Waals surface area contributed by atoms with Gasteiger partial charge in [0, 0.05) is 12.6 Å². The highest BCUT2D eigenvalue weighted by Crippen LogP contribution is 2.64. The van der Waals surface area contributed by atoms with Gasteiger partial charge in [-0.25, -0.2) is 0 Å². The number of hydrogen-bond donors (Lipinski definition) is 1. The molecule has 0 saturated carbocycles. The molecule has 3 aliphatic heterocycles. The van der Waals surface area contributed by atoms with Gasteiger partial charge in [-0.15, -0.1) is 13.2 Å². The van der Waals surface area contributed by atoms with Crippen molar-refractivity contribution in [3.05, 3.63) is 25.3 Å². The van der Waals surface area contributed by atoms with Crippen molar-refractivity contribution in [2.24, 2.45) is 17.8 Å². The van der Waals surface area contributed by atoms with Crippen molar-refractivity contribution < 1.29 is 29.0 Å². The van der Waals surface area contributed by atoms with Gasteiger partial charge in [-0.3, -0.25) is 14.4 Å². The lowest BCUT2D eigenvalue weighted by Crippen LogP contribution is -2.60. The molecule has 7 atom stereocenters. The molecule has 1 N–H and O–H groups in total. The zero-order chi connectivity index (χ0) is 26.8. The maximum absolute atomic E-state index is 14.4. The summed E-state index contributed by atoms with van der Waals surface area (Å²) < 4.78 is 12.2. The van der Waals surface area contributed by atoms with E-state index >= 15 is 0 Å². The van der Waals surface area contributed by atoms with Gasteiger partial charge in [-0.05, 0) is 45.4 Å². The fraction of sp³-hybridized carbons (Fsp3) is 0.750. The van der Waals surface area contributed by atoms with E-state index in [0.29, 0.717) is 25.8 Å². The van der Waals surface area contributed by atoms with Crippen molar-refractivity contribution in [2.45, 2.75) is 96.1 Å². The van der Waals surface area contributed by atoms with E-state index in [1.807, 2.05) is 27.7 Å². The topological polar surface area (TPSA) is 96.4 Å². The quantitative estimate of drug-likeness (QED) is 0.235. The van der Waals surface area contributed by atoms with Gasteiger partial charge in [-0.1, -0.05) is 39.3 Å². The molecule has 0 aromatic heterocycles. The summed E-state index contributed by atoms with van der Waals surface area (Å²) in [4.78, 5) is 45.2. The third kappa shape index (κ3) is 4.51. The fourth-order valence-electron chi connectivity index (χ4n) is 6.67. The normalized spacial score (nSPS) is 32.4. The van der Waals surface area contributed by atoms with Gasteiger partial charge in [0.2, 0.25) is 11.8 Å². The van der Waals surface area contributed by atoms with Crippen LogP contribution in [0.2, 0.25) is 0 Å². The van der Waals surface area contributed by atoms with E-state index in [0.717, 1.165) is 12.8 Å². The molecule has 2 bridgehead atoms. The summed E-state index contributed by atoms with van der Waals surface area (Å²) in [6.45, 7) is 17.5. The summed E-state index contributed by atoms with van der Waals surface area (Å²) in [6, 6.07) is -1.57. The van der Waals surface area contributed by atoms with Gasteiger partial charge in [0.25, 0.3) is 0 Å². The summed E-state index contributed by atoms with van der Waals surface area (Å²) in [6.07, 6.45) is 6.63. The molecule has 3 unspecified atom stereocenters. The lowest BCUT2D eigenvalue weighted by atomic mass is 9.66. The van der Waals surface area contributed by atoms with Gasteiger partial charge in [0.05, 0.1) is 30.8 Å². The van der Waals surface area contributed by atoms with Crippen LogP contribution in [-0.2, 0) is 23.9 Å². The Labute approximate surface area is 215 Å². The number of nitrogens with zero attached hydrogens (tertiary/aromatic N) is 2. The molecule has 3 fully saturated rings. The predicted molar refractivity (Wildman–Crippen MR) is 137 cm³/mol. The van der Waals surface area contributed by atoms with E-state index in [4.69, 9.17) is 9.47 Å². The van der Waals surface area contributed by atoms with Crippen molar-refractivity contribution in [1.82, 2.24) is 9.80 Å². The number of amides is 2. The highest BCUT2D eigenvalue weighted by atomic mass is 16.6. The summed E-state index contributed by atoms with van der Waals surface area (Å²) in [7, 11) is 0. The standard InChI is InChI=1S/C28H44N2O6/c1-8-11-16-35-26(34)22-21-24(32)30(20(17-31)18(4)5)23(28(21)14-13-27(22,7)36-28)25(33)29(15-10-3)19(6)12-9-2/h8,10,18-23,31H,1,3,9,11-17H2,2,4-7H3/t19?,20-,21-,22-,23?,27+,28?/m0/s1. The van der Waals surface area contributed by atoms with Gasteiger partial charge in [0.15, 0.2) is 0 Å². The van der Waals surface area contributed by atoms with Crippen LogP contribution in [0.15, 0.2) is 25.3 Å². The number of aliphatic hydroxyl groups excluding tert-OH is 1. The van der Waals surface area contributed by atoms with Crippen LogP contribution in [-0.4, -0.2) is 81.8 Å². The molecule has 8 nitrogen and oxygen atoms in total. The molecule has 0 radical (unpaired) electrons. The van der Waals surface area contributed by atoms with Crippen molar-refractivity contribution in [3.8, 4) is 0 Å². The molecule has 0 aliphatic carbocycles. The minimum atomic E-state index is -1.14. The van der Waals surface area contributed by atoms with Crippen LogP contribution in [0.4, 0.5) is 0 Å². The Hall–Kier alpha value is -2.19. The molecular formula is C28H44N2O6. The van der Waals surface area contributed by atoms with E-state index in [2.05, 4.69) is 20.1 Å².